The molecule has 2 rings (SSSR count). The van der Waals surface area contributed by atoms with Crippen molar-refractivity contribution in [2.24, 2.45) is 11.8 Å². The highest BCUT2D eigenvalue weighted by Gasteiger charge is 2.27. The Kier molecular flexibility index (Phi) is 9.04. The molecule has 1 aliphatic carbocycles. The normalized spacial score (nSPS) is 20.1. The number of nitrogens with zero attached hydrogens (tertiary/aromatic N) is 1. The summed E-state index contributed by atoms with van der Waals surface area (Å²) >= 11 is 0. The zero-order valence-corrected chi connectivity index (χ0v) is 16.3. The zero-order chi connectivity index (χ0) is 19.5. The van der Waals surface area contributed by atoms with Gasteiger partial charge in [-0.2, -0.15) is 9.65 Å². The third-order valence-corrected chi connectivity index (χ3v) is 5.40. The van der Waals surface area contributed by atoms with E-state index in [1.807, 2.05) is 24.3 Å². The number of ether oxygens (including phenoxy) is 1. The molecule has 1 aromatic carbocycles. The molecule has 0 spiro atoms. The second-order valence-corrected chi connectivity index (χ2v) is 7.48. The maximum Gasteiger partial charge on any atom is 0.314 e. The molecular formula is C23H30FNO2. The van der Waals surface area contributed by atoms with Gasteiger partial charge in [0, 0.05) is 0 Å². The molecule has 0 N–H and O–H groups in total. The largest absolute Gasteiger partial charge is 0.426 e. The van der Waals surface area contributed by atoms with Gasteiger partial charge in [0.1, 0.15) is 11.8 Å². The molecule has 1 saturated carbocycles. The third kappa shape index (κ3) is 7.54. The highest BCUT2D eigenvalue weighted by atomic mass is 19.1. The molecule has 1 fully saturated rings. The van der Waals surface area contributed by atoms with E-state index in [0.29, 0.717) is 18.1 Å². The van der Waals surface area contributed by atoms with Crippen LogP contribution in [0.15, 0.2) is 36.2 Å². The number of hydrogen-bond acceptors (Lipinski definition) is 3. The van der Waals surface area contributed by atoms with Crippen molar-refractivity contribution in [1.82, 2.24) is 0 Å². The molecule has 0 bridgehead atoms. The fraction of sp³-hybridized carbons (Fsp3) is 0.565. The van der Waals surface area contributed by atoms with Crippen LogP contribution >= 0.6 is 0 Å². The van der Waals surface area contributed by atoms with E-state index in [1.165, 1.54) is 37.0 Å². The Morgan fingerprint density at radius 2 is 1.93 bits per heavy atom. The molecule has 0 radical (unpaired) electrons. The van der Waals surface area contributed by atoms with Gasteiger partial charge in [0.25, 0.3) is 0 Å². The molecule has 146 valence electrons. The topological polar surface area (TPSA) is 50.1 Å². The van der Waals surface area contributed by atoms with Crippen LogP contribution in [-0.4, -0.2) is 5.97 Å². The Morgan fingerprint density at radius 3 is 2.56 bits per heavy atom. The summed E-state index contributed by atoms with van der Waals surface area (Å²) in [5, 5.41) is 8.41. The average molecular weight is 371 g/mol. The first-order valence-corrected chi connectivity index (χ1v) is 10.2. The molecule has 27 heavy (non-hydrogen) atoms. The molecule has 1 aromatic rings. The Bertz CT molecular complexity index is 652. The first-order chi connectivity index (χ1) is 13.1. The molecule has 0 saturated heterocycles. The Balaban J connectivity index is 1.72. The molecule has 0 aromatic heterocycles. The molecule has 0 amide bonds. The number of nitriles is 1. The van der Waals surface area contributed by atoms with Crippen molar-refractivity contribution in [3.05, 3.63) is 41.7 Å². The van der Waals surface area contributed by atoms with Crippen LogP contribution in [0.2, 0.25) is 0 Å². The number of allylic oxidation sites excluding steroid dienone is 2. The fourth-order valence-corrected chi connectivity index (χ4v) is 3.68. The highest BCUT2D eigenvalue weighted by Crippen LogP contribution is 2.32. The number of esters is 1. The molecule has 0 unspecified atom stereocenters. The maximum absolute atomic E-state index is 12.8. The van der Waals surface area contributed by atoms with Crippen LogP contribution in [0, 0.1) is 23.2 Å². The molecule has 0 aliphatic heterocycles. The minimum atomic E-state index is -0.705. The molecule has 1 aliphatic rings. The van der Waals surface area contributed by atoms with Gasteiger partial charge < -0.3 is 4.74 Å². The van der Waals surface area contributed by atoms with E-state index >= 15 is 0 Å². The number of hydrogen-bond donors (Lipinski definition) is 0. The predicted octanol–water partition coefficient (Wildman–Crippen LogP) is 6.29. The minimum Gasteiger partial charge on any atom is -0.426 e. The summed E-state index contributed by atoms with van der Waals surface area (Å²) < 4.78 is 18.4. The Hall–Kier alpha value is -2.15. The number of carbonyl (C=O) groups excluding carboxylic acids is 1. The second-order valence-electron chi connectivity index (χ2n) is 7.48. The van der Waals surface area contributed by atoms with Crippen LogP contribution in [-0.2, 0) is 11.2 Å². The van der Waals surface area contributed by atoms with Crippen molar-refractivity contribution < 1.29 is 13.9 Å². The van der Waals surface area contributed by atoms with Gasteiger partial charge >= 0.3 is 5.97 Å². The molecule has 3 nitrogen and oxygen atoms in total. The third-order valence-electron chi connectivity index (χ3n) is 5.40. The van der Waals surface area contributed by atoms with Crippen molar-refractivity contribution in [2.45, 2.75) is 71.1 Å². The number of unbranched alkanes of at least 4 members (excludes halogenated alkanes) is 2. The zero-order valence-electron chi connectivity index (χ0n) is 16.3. The van der Waals surface area contributed by atoms with Crippen molar-refractivity contribution in [3.63, 3.8) is 0 Å². The number of halogens is 1. The quantitative estimate of drug-likeness (QED) is 0.222. The molecule has 0 atom stereocenters. The summed E-state index contributed by atoms with van der Waals surface area (Å²) in [5.74, 6) is 0.237. The predicted molar refractivity (Wildman–Crippen MR) is 105 cm³/mol. The van der Waals surface area contributed by atoms with Crippen molar-refractivity contribution in [3.8, 4) is 11.8 Å². The Morgan fingerprint density at radius 1 is 1.22 bits per heavy atom. The first-order valence-electron chi connectivity index (χ1n) is 10.2. The van der Waals surface area contributed by atoms with Crippen LogP contribution in [0.1, 0.15) is 70.3 Å². The Labute approximate surface area is 162 Å². The lowest BCUT2D eigenvalue weighted by Gasteiger charge is -2.26. The average Bonchev–Trinajstić information content (AvgIpc) is 2.70. The van der Waals surface area contributed by atoms with Gasteiger partial charge in [-0.3, -0.25) is 4.79 Å². The van der Waals surface area contributed by atoms with Crippen LogP contribution in [0.4, 0.5) is 4.39 Å². The standard InChI is InChI=1S/C23H30FNO2/c1-2-3-4-6-18-11-15-22(16-12-18)27-23(26)20-13-9-19(10-14-20)7-5-8-21(24)17-25/h8,11-12,15-16,19-20H,2-7,9-10,13-14H2,1H3. The van der Waals surface area contributed by atoms with E-state index in [4.69, 9.17) is 10.00 Å². The van der Waals surface area contributed by atoms with Gasteiger partial charge in [-0.05, 0) is 81.1 Å². The maximum atomic E-state index is 12.8. The lowest BCUT2D eigenvalue weighted by atomic mass is 9.80. The van der Waals surface area contributed by atoms with Crippen molar-refractivity contribution in [2.75, 3.05) is 0 Å². The van der Waals surface area contributed by atoms with Gasteiger partial charge in [0.2, 0.25) is 0 Å². The van der Waals surface area contributed by atoms with Crippen molar-refractivity contribution in [1.29, 1.82) is 5.26 Å². The van der Waals surface area contributed by atoms with E-state index < -0.39 is 5.83 Å². The van der Waals surface area contributed by atoms with Crippen LogP contribution < -0.4 is 4.74 Å². The van der Waals surface area contributed by atoms with Gasteiger partial charge in [-0.25, -0.2) is 0 Å². The summed E-state index contributed by atoms with van der Waals surface area (Å²) in [6.07, 6.45) is 11.1. The summed E-state index contributed by atoms with van der Waals surface area (Å²) in [6, 6.07) is 9.37. The number of benzene rings is 1. The second kappa shape index (κ2) is 11.5. The SMILES string of the molecule is CCCCCc1ccc(OC(=O)C2CCC(CCC=C(F)C#N)CC2)cc1. The van der Waals surface area contributed by atoms with Crippen molar-refractivity contribution >= 4 is 5.97 Å². The van der Waals surface area contributed by atoms with Crippen LogP contribution in [0.25, 0.3) is 0 Å². The van der Waals surface area contributed by atoms with Gasteiger partial charge in [-0.15, -0.1) is 0 Å². The summed E-state index contributed by atoms with van der Waals surface area (Å²) in [6.45, 7) is 2.20. The van der Waals surface area contributed by atoms with Crippen LogP contribution in [0.5, 0.6) is 5.75 Å². The monoisotopic (exact) mass is 371 g/mol. The van der Waals surface area contributed by atoms with Gasteiger partial charge in [0.05, 0.1) is 5.92 Å². The number of rotatable bonds is 9. The highest BCUT2D eigenvalue weighted by molar-refractivity contribution is 5.75. The van der Waals surface area contributed by atoms with E-state index in [-0.39, 0.29) is 11.9 Å². The van der Waals surface area contributed by atoms with Gasteiger partial charge in [-0.1, -0.05) is 31.9 Å². The lowest BCUT2D eigenvalue weighted by Crippen LogP contribution is -2.25. The molecule has 4 heteroatoms. The summed E-state index contributed by atoms with van der Waals surface area (Å²) in [7, 11) is 0. The van der Waals surface area contributed by atoms with E-state index in [0.717, 1.165) is 38.5 Å². The lowest BCUT2D eigenvalue weighted by molar-refractivity contribution is -0.140. The van der Waals surface area contributed by atoms with E-state index in [2.05, 4.69) is 6.92 Å². The molecular weight excluding hydrogens is 341 g/mol. The number of aryl methyl sites for hydroxylation is 1. The van der Waals surface area contributed by atoms with Crippen LogP contribution in [0.3, 0.4) is 0 Å². The summed E-state index contributed by atoms with van der Waals surface area (Å²) in [4.78, 5) is 12.4. The first kappa shape index (κ1) is 21.2. The summed E-state index contributed by atoms with van der Waals surface area (Å²) in [5.41, 5.74) is 1.28. The number of carbonyl (C=O) groups is 1. The van der Waals surface area contributed by atoms with E-state index in [9.17, 15) is 9.18 Å². The smallest absolute Gasteiger partial charge is 0.314 e. The van der Waals surface area contributed by atoms with Gasteiger partial charge in [0.15, 0.2) is 5.83 Å². The molecule has 0 heterocycles. The van der Waals surface area contributed by atoms with E-state index in [1.54, 1.807) is 0 Å². The fourth-order valence-electron chi connectivity index (χ4n) is 3.68. The minimum absolute atomic E-state index is 0.0446.